The van der Waals surface area contributed by atoms with Crippen molar-refractivity contribution in [3.05, 3.63) is 34.2 Å². The molecular formula is C14H15BrN4O. The fourth-order valence-electron chi connectivity index (χ4n) is 2.33. The molecule has 0 saturated heterocycles. The monoisotopic (exact) mass is 334 g/mol. The van der Waals surface area contributed by atoms with Gasteiger partial charge in [-0.2, -0.15) is 0 Å². The molecule has 0 saturated carbocycles. The van der Waals surface area contributed by atoms with Crippen LogP contribution in [0.5, 0.6) is 0 Å². The molecule has 1 amide bonds. The highest BCUT2D eigenvalue weighted by molar-refractivity contribution is 9.10. The molecule has 20 heavy (non-hydrogen) atoms. The van der Waals surface area contributed by atoms with E-state index in [2.05, 4.69) is 36.5 Å². The molecule has 104 valence electrons. The molecule has 0 aliphatic carbocycles. The zero-order chi connectivity index (χ0) is 14.1. The Morgan fingerprint density at radius 1 is 1.45 bits per heavy atom. The van der Waals surface area contributed by atoms with Gasteiger partial charge < -0.3 is 15.6 Å². The maximum atomic E-state index is 11.4. The molecule has 0 bridgehead atoms. The summed E-state index contributed by atoms with van der Waals surface area (Å²) >= 11 is 3.52. The quantitative estimate of drug-likeness (QED) is 0.801. The van der Waals surface area contributed by atoms with Crippen LogP contribution in [0, 0.1) is 0 Å². The van der Waals surface area contributed by atoms with Crippen molar-refractivity contribution in [2.75, 3.05) is 18.9 Å². The number of amides is 1. The minimum absolute atomic E-state index is 0.0490. The van der Waals surface area contributed by atoms with E-state index in [0.717, 1.165) is 45.9 Å². The first-order valence-corrected chi connectivity index (χ1v) is 7.29. The predicted molar refractivity (Wildman–Crippen MR) is 81.7 cm³/mol. The van der Waals surface area contributed by atoms with Crippen molar-refractivity contribution >= 4 is 27.5 Å². The van der Waals surface area contributed by atoms with Crippen molar-refractivity contribution < 1.29 is 4.79 Å². The van der Waals surface area contributed by atoms with E-state index in [1.165, 1.54) is 0 Å². The van der Waals surface area contributed by atoms with Gasteiger partial charge in [-0.3, -0.25) is 4.79 Å². The average Bonchev–Trinajstić information content (AvgIpc) is 2.97. The van der Waals surface area contributed by atoms with E-state index in [9.17, 15) is 4.79 Å². The summed E-state index contributed by atoms with van der Waals surface area (Å²) in [7, 11) is 1.92. The van der Waals surface area contributed by atoms with Gasteiger partial charge in [-0.1, -0.05) is 6.07 Å². The van der Waals surface area contributed by atoms with E-state index in [4.69, 9.17) is 0 Å². The number of halogens is 1. The van der Waals surface area contributed by atoms with Gasteiger partial charge in [0.1, 0.15) is 16.1 Å². The van der Waals surface area contributed by atoms with E-state index < -0.39 is 0 Å². The Bertz CT molecular complexity index is 665. The van der Waals surface area contributed by atoms with Crippen LogP contribution in [0.1, 0.15) is 11.4 Å². The Hall–Kier alpha value is -1.66. The van der Waals surface area contributed by atoms with E-state index >= 15 is 0 Å². The second kappa shape index (κ2) is 5.38. The minimum atomic E-state index is 0.0490. The lowest BCUT2D eigenvalue weighted by Gasteiger charge is -2.02. The second-order valence-electron chi connectivity index (χ2n) is 4.80. The van der Waals surface area contributed by atoms with Crippen LogP contribution in [0.4, 0.5) is 5.69 Å². The number of likely N-dealkylation sites (N-methyl/N-ethyl adjacent to an activating group) is 1. The predicted octanol–water partition coefficient (Wildman–Crippen LogP) is 2.10. The Kier molecular flexibility index (Phi) is 3.58. The molecule has 0 atom stereocenters. The normalized spacial score (nSPS) is 13.4. The number of nitrogens with one attached hydrogen (secondary N) is 3. The second-order valence-corrected chi connectivity index (χ2v) is 5.59. The summed E-state index contributed by atoms with van der Waals surface area (Å²) < 4.78 is 0.876. The zero-order valence-corrected chi connectivity index (χ0v) is 12.7. The fourth-order valence-corrected chi connectivity index (χ4v) is 2.87. The SMILES string of the molecule is CNCCc1nc(-c2ccc3c(c2)CC(=O)N3)c(Br)[nH]1. The number of hydrogen-bond donors (Lipinski definition) is 3. The molecule has 0 fully saturated rings. The van der Waals surface area contributed by atoms with Crippen molar-refractivity contribution in [2.24, 2.45) is 0 Å². The summed E-state index contributed by atoms with van der Waals surface area (Å²) in [6, 6.07) is 5.94. The fraction of sp³-hybridized carbons (Fsp3) is 0.286. The summed E-state index contributed by atoms with van der Waals surface area (Å²) in [6.45, 7) is 0.877. The summed E-state index contributed by atoms with van der Waals surface area (Å²) in [6.07, 6.45) is 1.29. The summed E-state index contributed by atoms with van der Waals surface area (Å²) in [4.78, 5) is 19.2. The number of H-pyrrole nitrogens is 1. The van der Waals surface area contributed by atoms with Gasteiger partial charge >= 0.3 is 0 Å². The van der Waals surface area contributed by atoms with Crippen molar-refractivity contribution in [3.63, 3.8) is 0 Å². The van der Waals surface area contributed by atoms with Crippen molar-refractivity contribution in [3.8, 4) is 11.3 Å². The van der Waals surface area contributed by atoms with Crippen LogP contribution < -0.4 is 10.6 Å². The lowest BCUT2D eigenvalue weighted by atomic mass is 10.1. The lowest BCUT2D eigenvalue weighted by Crippen LogP contribution is -2.11. The highest BCUT2D eigenvalue weighted by Crippen LogP contribution is 2.31. The van der Waals surface area contributed by atoms with Gasteiger partial charge in [-0.25, -0.2) is 4.98 Å². The smallest absolute Gasteiger partial charge is 0.228 e. The molecule has 6 heteroatoms. The Morgan fingerprint density at radius 3 is 3.10 bits per heavy atom. The molecule has 1 aliphatic heterocycles. The summed E-state index contributed by atoms with van der Waals surface area (Å²) in [5, 5.41) is 5.94. The topological polar surface area (TPSA) is 69.8 Å². The lowest BCUT2D eigenvalue weighted by molar-refractivity contribution is -0.115. The zero-order valence-electron chi connectivity index (χ0n) is 11.1. The third-order valence-corrected chi connectivity index (χ3v) is 3.90. The molecule has 1 aromatic heterocycles. The molecule has 0 unspecified atom stereocenters. The maximum absolute atomic E-state index is 11.4. The number of benzene rings is 1. The number of carbonyl (C=O) groups excluding carboxylic acids is 1. The van der Waals surface area contributed by atoms with Gasteiger partial charge in [0.05, 0.1) is 6.42 Å². The van der Waals surface area contributed by atoms with Crippen LogP contribution in [-0.2, 0) is 17.6 Å². The van der Waals surface area contributed by atoms with Crippen LogP contribution in [0.3, 0.4) is 0 Å². The van der Waals surface area contributed by atoms with Crippen LogP contribution >= 0.6 is 15.9 Å². The highest BCUT2D eigenvalue weighted by atomic mass is 79.9. The first-order valence-electron chi connectivity index (χ1n) is 6.49. The number of carbonyl (C=O) groups is 1. The maximum Gasteiger partial charge on any atom is 0.228 e. The highest BCUT2D eigenvalue weighted by Gasteiger charge is 2.19. The van der Waals surface area contributed by atoms with Crippen LogP contribution in [-0.4, -0.2) is 29.5 Å². The molecule has 0 spiro atoms. The molecule has 5 nitrogen and oxygen atoms in total. The molecule has 2 heterocycles. The van der Waals surface area contributed by atoms with E-state index in [-0.39, 0.29) is 5.91 Å². The van der Waals surface area contributed by atoms with Gasteiger partial charge in [-0.15, -0.1) is 0 Å². The standard InChI is InChI=1S/C14H15BrN4O/c1-16-5-4-11-18-13(14(15)19-11)8-2-3-10-9(6-8)7-12(20)17-10/h2-3,6,16H,4-5,7H2,1H3,(H,17,20)(H,18,19). The van der Waals surface area contributed by atoms with E-state index in [0.29, 0.717) is 6.42 Å². The Balaban J connectivity index is 1.91. The van der Waals surface area contributed by atoms with E-state index in [1.54, 1.807) is 0 Å². The number of anilines is 1. The third kappa shape index (κ3) is 2.48. The summed E-state index contributed by atoms with van der Waals surface area (Å²) in [5.41, 5.74) is 3.83. The largest absolute Gasteiger partial charge is 0.336 e. The molecule has 1 aliphatic rings. The Labute approximate surface area is 125 Å². The van der Waals surface area contributed by atoms with Gasteiger partial charge in [0.15, 0.2) is 0 Å². The van der Waals surface area contributed by atoms with Gasteiger partial charge in [0, 0.05) is 24.2 Å². The molecule has 3 rings (SSSR count). The number of hydrogen-bond acceptors (Lipinski definition) is 3. The van der Waals surface area contributed by atoms with Crippen LogP contribution in [0.2, 0.25) is 0 Å². The molecule has 3 N–H and O–H groups in total. The molecule has 0 radical (unpaired) electrons. The first-order chi connectivity index (χ1) is 9.67. The third-order valence-electron chi connectivity index (χ3n) is 3.32. The average molecular weight is 335 g/mol. The molecular weight excluding hydrogens is 320 g/mol. The van der Waals surface area contributed by atoms with Gasteiger partial charge in [0.2, 0.25) is 5.91 Å². The van der Waals surface area contributed by atoms with Crippen LogP contribution in [0.25, 0.3) is 11.3 Å². The Morgan fingerprint density at radius 2 is 2.30 bits per heavy atom. The van der Waals surface area contributed by atoms with Crippen LogP contribution in [0.15, 0.2) is 22.8 Å². The number of aromatic amines is 1. The number of imidazole rings is 1. The van der Waals surface area contributed by atoms with Gasteiger partial charge in [-0.05, 0) is 40.7 Å². The first kappa shape index (κ1) is 13.3. The summed E-state index contributed by atoms with van der Waals surface area (Å²) in [5.74, 6) is 0.990. The van der Waals surface area contributed by atoms with E-state index in [1.807, 2.05) is 25.2 Å². The van der Waals surface area contributed by atoms with Gasteiger partial charge in [0.25, 0.3) is 0 Å². The molecule has 2 aromatic rings. The van der Waals surface area contributed by atoms with Crippen molar-refractivity contribution in [1.82, 2.24) is 15.3 Å². The number of nitrogens with zero attached hydrogens (tertiary/aromatic N) is 1. The minimum Gasteiger partial charge on any atom is -0.336 e. The number of aromatic nitrogens is 2. The van der Waals surface area contributed by atoms with Crippen molar-refractivity contribution in [2.45, 2.75) is 12.8 Å². The van der Waals surface area contributed by atoms with Crippen molar-refractivity contribution in [1.29, 1.82) is 0 Å². The number of fused-ring (bicyclic) bond motifs is 1. The molecule has 1 aromatic carbocycles. The number of rotatable bonds is 4.